The fraction of sp³-hybridized carbons (Fsp3) is 0. The maximum atomic E-state index is 5.27. The molecule has 3 nitrogen and oxygen atoms in total. The average molecular weight is 782 g/mol. The van der Waals surface area contributed by atoms with E-state index in [1.165, 1.54) is 97.0 Å². The zero-order chi connectivity index (χ0) is 40.2. The van der Waals surface area contributed by atoms with Gasteiger partial charge in [-0.25, -0.2) is 9.97 Å². The Hall–Kier alpha value is -8.27. The highest BCUT2D eigenvalue weighted by Gasteiger charge is 2.20. The molecule has 0 N–H and O–H groups in total. The number of hydrogen-bond donors (Lipinski definition) is 0. The van der Waals surface area contributed by atoms with Gasteiger partial charge in [-0.3, -0.25) is 4.98 Å². The van der Waals surface area contributed by atoms with E-state index in [-0.39, 0.29) is 0 Å². The van der Waals surface area contributed by atoms with Crippen LogP contribution in [0.1, 0.15) is 0 Å². The molecule has 62 heavy (non-hydrogen) atoms. The molecule has 12 aromatic carbocycles. The Bertz CT molecular complexity index is 4450. The van der Waals surface area contributed by atoms with Crippen molar-refractivity contribution in [2.24, 2.45) is 0 Å². The minimum absolute atomic E-state index is 0.937. The van der Waals surface area contributed by atoms with Crippen LogP contribution < -0.4 is 0 Å². The van der Waals surface area contributed by atoms with Gasteiger partial charge in [0.2, 0.25) is 0 Å². The largest absolute Gasteiger partial charge is 0.254 e. The van der Waals surface area contributed by atoms with Crippen LogP contribution in [0.2, 0.25) is 0 Å². The van der Waals surface area contributed by atoms with Gasteiger partial charge in [0, 0.05) is 38.9 Å². The highest BCUT2D eigenvalue weighted by Crippen LogP contribution is 2.48. The SMILES string of the molecule is c1ccc2c(c1)ccc1ccc(-c3ccc4c(c3)c3cccc5c6cc7c8cc9ccc(-c%10ccc%11ccc%12cccnc%12c%11n%10)cc9cc8c8cccc(c6cc4c35)c87)nc12. The van der Waals surface area contributed by atoms with E-state index in [2.05, 4.69) is 176 Å². The van der Waals surface area contributed by atoms with Crippen molar-refractivity contribution in [3.05, 3.63) is 188 Å². The van der Waals surface area contributed by atoms with Gasteiger partial charge in [0.05, 0.1) is 27.9 Å². The second-order valence-corrected chi connectivity index (χ2v) is 17.1. The number of aromatic nitrogens is 3. The fourth-order valence-corrected chi connectivity index (χ4v) is 11.0. The Balaban J connectivity index is 0.922. The molecular formula is C59H31N3. The van der Waals surface area contributed by atoms with Crippen molar-refractivity contribution in [3.63, 3.8) is 0 Å². The second-order valence-electron chi connectivity index (χ2n) is 17.1. The molecule has 0 bridgehead atoms. The van der Waals surface area contributed by atoms with Crippen molar-refractivity contribution in [2.75, 3.05) is 0 Å². The van der Waals surface area contributed by atoms with Gasteiger partial charge in [-0.15, -0.1) is 0 Å². The van der Waals surface area contributed by atoms with Crippen LogP contribution in [0, 0.1) is 0 Å². The van der Waals surface area contributed by atoms with Gasteiger partial charge in [0.15, 0.2) is 0 Å². The van der Waals surface area contributed by atoms with Gasteiger partial charge in [-0.05, 0) is 146 Å². The molecule has 0 unspecified atom stereocenters. The zero-order valence-corrected chi connectivity index (χ0v) is 33.2. The molecule has 3 heteroatoms. The van der Waals surface area contributed by atoms with Crippen molar-refractivity contribution in [2.45, 2.75) is 0 Å². The first kappa shape index (κ1) is 32.6. The molecule has 0 spiro atoms. The Morgan fingerprint density at radius 1 is 0.242 bits per heavy atom. The van der Waals surface area contributed by atoms with Gasteiger partial charge in [-0.1, -0.05) is 127 Å². The Morgan fingerprint density at radius 3 is 1.50 bits per heavy atom. The van der Waals surface area contributed by atoms with Crippen molar-refractivity contribution >= 4 is 130 Å². The standard InChI is InChI=1S/C59H31N3/c1-2-8-40-32(6-1)13-14-34-20-23-54(61-57(34)40)38-19-22-41-46(28-38)42-9-3-11-44-50-31-52-48-27-36-17-18-37(53-24-21-35-16-15-33-7-5-25-60-58(33)59(35)62-53)26-39(36)29-47(48)43-10-4-12-45(56(43)52)49(50)30-51(41)55(42)44/h1-31H. The van der Waals surface area contributed by atoms with Gasteiger partial charge >= 0.3 is 0 Å². The highest BCUT2D eigenvalue weighted by molar-refractivity contribution is 6.41. The van der Waals surface area contributed by atoms with E-state index in [1.807, 2.05) is 12.3 Å². The summed E-state index contributed by atoms with van der Waals surface area (Å²) in [5.74, 6) is 0. The molecule has 0 aliphatic carbocycles. The monoisotopic (exact) mass is 781 g/mol. The van der Waals surface area contributed by atoms with Crippen molar-refractivity contribution in [1.82, 2.24) is 15.0 Å². The van der Waals surface area contributed by atoms with Crippen LogP contribution in [0.5, 0.6) is 0 Å². The van der Waals surface area contributed by atoms with Crippen LogP contribution in [-0.4, -0.2) is 15.0 Å². The lowest BCUT2D eigenvalue weighted by Crippen LogP contribution is -1.88. The maximum absolute atomic E-state index is 5.27. The third-order valence-corrected chi connectivity index (χ3v) is 13.9. The summed E-state index contributed by atoms with van der Waals surface area (Å²) in [5, 5.41) is 26.4. The number of hydrogen-bond acceptors (Lipinski definition) is 3. The molecule has 3 aromatic heterocycles. The zero-order valence-electron chi connectivity index (χ0n) is 33.2. The Labute approximate surface area is 353 Å². The Kier molecular flexibility index (Phi) is 6.16. The number of rotatable bonds is 2. The lowest BCUT2D eigenvalue weighted by molar-refractivity contribution is 1.37. The molecular weight excluding hydrogens is 751 g/mol. The molecule has 0 radical (unpaired) electrons. The summed E-state index contributed by atoms with van der Waals surface area (Å²) < 4.78 is 0. The third-order valence-electron chi connectivity index (χ3n) is 13.9. The number of benzene rings is 10. The van der Waals surface area contributed by atoms with E-state index in [1.54, 1.807) is 0 Å². The van der Waals surface area contributed by atoms with Crippen molar-refractivity contribution < 1.29 is 0 Å². The highest BCUT2D eigenvalue weighted by atomic mass is 14.8. The van der Waals surface area contributed by atoms with E-state index < -0.39 is 0 Å². The molecule has 282 valence electrons. The quantitative estimate of drug-likeness (QED) is 0.164. The number of fused-ring (bicyclic) bond motifs is 16. The topological polar surface area (TPSA) is 38.7 Å². The van der Waals surface area contributed by atoms with Gasteiger partial charge < -0.3 is 0 Å². The van der Waals surface area contributed by atoms with Gasteiger partial charge in [-0.2, -0.15) is 0 Å². The molecule has 0 fully saturated rings. The van der Waals surface area contributed by atoms with Crippen LogP contribution in [0.25, 0.3) is 152 Å². The summed E-state index contributed by atoms with van der Waals surface area (Å²) in [5.41, 5.74) is 7.11. The maximum Gasteiger partial charge on any atom is 0.0972 e. The minimum Gasteiger partial charge on any atom is -0.254 e. The smallest absolute Gasteiger partial charge is 0.0972 e. The number of nitrogens with zero attached hydrogens (tertiary/aromatic N) is 3. The van der Waals surface area contributed by atoms with E-state index in [0.29, 0.717) is 0 Å². The second kappa shape index (κ2) is 11.7. The summed E-state index contributed by atoms with van der Waals surface area (Å²) in [4.78, 5) is 15.1. The van der Waals surface area contributed by atoms with Crippen molar-refractivity contribution in [1.29, 1.82) is 0 Å². The van der Waals surface area contributed by atoms with Crippen LogP contribution in [0.3, 0.4) is 0 Å². The molecule has 0 amide bonds. The van der Waals surface area contributed by atoms with E-state index >= 15 is 0 Å². The van der Waals surface area contributed by atoms with E-state index in [4.69, 9.17) is 15.0 Å². The predicted molar refractivity (Wildman–Crippen MR) is 263 cm³/mol. The lowest BCUT2D eigenvalue weighted by atomic mass is 9.93. The predicted octanol–water partition coefficient (Wildman–Crippen LogP) is 15.9. The normalized spacial score (nSPS) is 12.5. The molecule has 15 aromatic rings. The fourth-order valence-electron chi connectivity index (χ4n) is 11.0. The minimum atomic E-state index is 0.937. The Morgan fingerprint density at radius 2 is 0.742 bits per heavy atom. The first-order valence-corrected chi connectivity index (χ1v) is 21.3. The molecule has 0 saturated carbocycles. The molecule has 0 atom stereocenters. The van der Waals surface area contributed by atoms with E-state index in [0.717, 1.165) is 55.2 Å². The first-order chi connectivity index (χ1) is 30.7. The summed E-state index contributed by atoms with van der Waals surface area (Å²) in [6.07, 6.45) is 1.85. The van der Waals surface area contributed by atoms with Gasteiger partial charge in [0.25, 0.3) is 0 Å². The van der Waals surface area contributed by atoms with Crippen LogP contribution in [0.4, 0.5) is 0 Å². The summed E-state index contributed by atoms with van der Waals surface area (Å²) in [7, 11) is 0. The van der Waals surface area contributed by atoms with Crippen LogP contribution >= 0.6 is 0 Å². The third kappa shape index (κ3) is 4.31. The molecule has 3 heterocycles. The summed E-state index contributed by atoms with van der Waals surface area (Å²) in [6.45, 7) is 0. The summed E-state index contributed by atoms with van der Waals surface area (Å²) in [6, 6.07) is 67.1. The van der Waals surface area contributed by atoms with Crippen LogP contribution in [0.15, 0.2) is 188 Å². The van der Waals surface area contributed by atoms with E-state index in [9.17, 15) is 0 Å². The molecule has 0 aliphatic rings. The summed E-state index contributed by atoms with van der Waals surface area (Å²) >= 11 is 0. The van der Waals surface area contributed by atoms with Gasteiger partial charge in [0.1, 0.15) is 0 Å². The van der Waals surface area contributed by atoms with Crippen molar-refractivity contribution in [3.8, 4) is 22.5 Å². The first-order valence-electron chi connectivity index (χ1n) is 21.3. The van der Waals surface area contributed by atoms with Crippen LogP contribution in [-0.2, 0) is 0 Å². The molecule has 15 rings (SSSR count). The number of pyridine rings is 3. The average Bonchev–Trinajstić information content (AvgIpc) is 3.82. The molecule has 0 saturated heterocycles. The lowest BCUT2D eigenvalue weighted by Gasteiger charge is -2.10. The molecule has 0 aliphatic heterocycles.